The molecule has 0 saturated heterocycles. The van der Waals surface area contributed by atoms with Crippen molar-refractivity contribution in [2.45, 2.75) is 69.4 Å². The van der Waals surface area contributed by atoms with Crippen LogP contribution < -0.4 is 5.32 Å². The first-order valence-electron chi connectivity index (χ1n) is 6.81. The molecule has 0 radical (unpaired) electrons. The van der Waals surface area contributed by atoms with E-state index in [-0.39, 0.29) is 0 Å². The van der Waals surface area contributed by atoms with Crippen LogP contribution in [0, 0.1) is 0 Å². The van der Waals surface area contributed by atoms with Gasteiger partial charge in [0.25, 0.3) is 0 Å². The fraction of sp³-hybridized carbons (Fsp3) is 1.00. The first kappa shape index (κ1) is 12.7. The summed E-state index contributed by atoms with van der Waals surface area (Å²) in [5.74, 6) is 1.27. The van der Waals surface area contributed by atoms with Crippen LogP contribution in [0.5, 0.6) is 0 Å². The van der Waals surface area contributed by atoms with E-state index in [1.165, 1.54) is 37.9 Å². The minimum atomic E-state index is 0.546. The first-order chi connectivity index (χ1) is 7.81. The highest BCUT2D eigenvalue weighted by molar-refractivity contribution is 7.99. The molecule has 1 N–H and O–H groups in total. The Balaban J connectivity index is 1.58. The van der Waals surface area contributed by atoms with E-state index in [9.17, 15) is 0 Å². The lowest BCUT2D eigenvalue weighted by Crippen LogP contribution is -2.48. The molecule has 3 heteroatoms. The maximum atomic E-state index is 5.59. The van der Waals surface area contributed by atoms with Gasteiger partial charge in [0.15, 0.2) is 0 Å². The first-order valence-corrected chi connectivity index (χ1v) is 7.86. The van der Waals surface area contributed by atoms with Gasteiger partial charge in [-0.15, -0.1) is 0 Å². The van der Waals surface area contributed by atoms with E-state index in [2.05, 4.69) is 30.9 Å². The zero-order valence-corrected chi connectivity index (χ0v) is 11.4. The van der Waals surface area contributed by atoms with E-state index in [1.807, 2.05) is 0 Å². The molecular formula is C13H25NOS. The molecule has 0 aromatic heterocycles. The predicted molar refractivity (Wildman–Crippen MR) is 71.1 cm³/mol. The van der Waals surface area contributed by atoms with Crippen LogP contribution >= 0.6 is 11.8 Å². The summed E-state index contributed by atoms with van der Waals surface area (Å²) >= 11 is 2.14. The Kier molecular flexibility index (Phi) is 4.98. The molecule has 0 aromatic carbocycles. The Hall–Kier alpha value is 0.270. The van der Waals surface area contributed by atoms with Gasteiger partial charge in [0, 0.05) is 23.9 Å². The highest BCUT2D eigenvalue weighted by Gasteiger charge is 2.33. The smallest absolute Gasteiger partial charge is 0.0604 e. The monoisotopic (exact) mass is 243 g/mol. The highest BCUT2D eigenvalue weighted by atomic mass is 32.2. The van der Waals surface area contributed by atoms with Gasteiger partial charge in [-0.2, -0.15) is 11.8 Å². The van der Waals surface area contributed by atoms with Crippen LogP contribution in [0.3, 0.4) is 0 Å². The predicted octanol–water partition coefficient (Wildman–Crippen LogP) is 2.82. The number of thioether (sulfide) groups is 1. The molecule has 94 valence electrons. The van der Waals surface area contributed by atoms with E-state index in [0.717, 1.165) is 23.9 Å². The van der Waals surface area contributed by atoms with Gasteiger partial charge < -0.3 is 10.1 Å². The van der Waals surface area contributed by atoms with Gasteiger partial charge in [0.2, 0.25) is 0 Å². The summed E-state index contributed by atoms with van der Waals surface area (Å²) in [6.07, 6.45) is 7.19. The Morgan fingerprint density at radius 2 is 1.94 bits per heavy atom. The summed E-state index contributed by atoms with van der Waals surface area (Å²) < 4.78 is 5.59. The molecule has 2 fully saturated rings. The fourth-order valence-corrected chi connectivity index (χ4v) is 4.03. The molecule has 2 aliphatic rings. The lowest BCUT2D eigenvalue weighted by atomic mass is 9.88. The number of nitrogens with one attached hydrogen (secondary N) is 1. The van der Waals surface area contributed by atoms with Crippen LogP contribution in [0.4, 0.5) is 0 Å². The number of hydrogen-bond acceptors (Lipinski definition) is 3. The summed E-state index contributed by atoms with van der Waals surface area (Å²) in [6, 6.07) is 1.53. The van der Waals surface area contributed by atoms with Crippen LogP contribution in [-0.2, 0) is 4.74 Å². The van der Waals surface area contributed by atoms with Crippen LogP contribution in [0.15, 0.2) is 0 Å². The second-order valence-corrected chi connectivity index (χ2v) is 6.58. The molecule has 16 heavy (non-hydrogen) atoms. The average Bonchev–Trinajstić information content (AvgIpc) is 2.63. The van der Waals surface area contributed by atoms with Crippen molar-refractivity contribution in [3.63, 3.8) is 0 Å². The SMILES string of the molecule is CCOC1CC(NC2CCC(SCC)C2)C1. The maximum absolute atomic E-state index is 5.59. The second-order valence-electron chi connectivity index (χ2n) is 5.00. The number of rotatable bonds is 6. The third-order valence-corrected chi connectivity index (χ3v) is 4.99. The zero-order valence-electron chi connectivity index (χ0n) is 10.6. The van der Waals surface area contributed by atoms with E-state index in [0.29, 0.717) is 6.10 Å². The minimum Gasteiger partial charge on any atom is -0.378 e. The third kappa shape index (κ3) is 3.38. The molecule has 2 atom stereocenters. The normalized spacial score (nSPS) is 38.6. The maximum Gasteiger partial charge on any atom is 0.0604 e. The van der Waals surface area contributed by atoms with Gasteiger partial charge in [-0.05, 0) is 44.8 Å². The molecule has 2 unspecified atom stereocenters. The quantitative estimate of drug-likeness (QED) is 0.775. The Labute approximate surface area is 104 Å². The standard InChI is InChI=1S/C13H25NOS/c1-3-15-12-7-11(8-12)14-10-5-6-13(9-10)16-4-2/h10-14H,3-9H2,1-2H3. The number of ether oxygens (including phenoxy) is 1. The average molecular weight is 243 g/mol. The topological polar surface area (TPSA) is 21.3 Å². The van der Waals surface area contributed by atoms with Crippen LogP contribution in [0.1, 0.15) is 46.0 Å². The van der Waals surface area contributed by atoms with E-state index in [4.69, 9.17) is 4.74 Å². The van der Waals surface area contributed by atoms with E-state index < -0.39 is 0 Å². The fourth-order valence-electron chi connectivity index (χ4n) is 2.89. The molecule has 2 rings (SSSR count). The lowest BCUT2D eigenvalue weighted by molar-refractivity contribution is -0.0122. The molecule has 2 aliphatic carbocycles. The van der Waals surface area contributed by atoms with Crippen molar-refractivity contribution >= 4 is 11.8 Å². The summed E-state index contributed by atoms with van der Waals surface area (Å²) in [5.41, 5.74) is 0. The molecule has 0 amide bonds. The van der Waals surface area contributed by atoms with E-state index in [1.54, 1.807) is 0 Å². The van der Waals surface area contributed by atoms with Crippen molar-refractivity contribution in [3.8, 4) is 0 Å². The molecule has 2 saturated carbocycles. The molecular weight excluding hydrogens is 218 g/mol. The lowest BCUT2D eigenvalue weighted by Gasteiger charge is -2.37. The second kappa shape index (κ2) is 6.27. The van der Waals surface area contributed by atoms with Crippen LogP contribution in [0.2, 0.25) is 0 Å². The van der Waals surface area contributed by atoms with Gasteiger partial charge in [-0.25, -0.2) is 0 Å². The van der Waals surface area contributed by atoms with Gasteiger partial charge in [0.05, 0.1) is 6.10 Å². The zero-order chi connectivity index (χ0) is 11.4. The molecule has 0 bridgehead atoms. The summed E-state index contributed by atoms with van der Waals surface area (Å²) in [4.78, 5) is 0. The summed E-state index contributed by atoms with van der Waals surface area (Å²) in [5, 5.41) is 4.72. The van der Waals surface area contributed by atoms with E-state index >= 15 is 0 Å². The summed E-state index contributed by atoms with van der Waals surface area (Å²) in [6.45, 7) is 5.23. The molecule has 0 aromatic rings. The highest BCUT2D eigenvalue weighted by Crippen LogP contribution is 2.32. The largest absolute Gasteiger partial charge is 0.378 e. The van der Waals surface area contributed by atoms with Crippen molar-refractivity contribution in [1.29, 1.82) is 0 Å². The Morgan fingerprint density at radius 1 is 1.12 bits per heavy atom. The van der Waals surface area contributed by atoms with Crippen molar-refractivity contribution in [3.05, 3.63) is 0 Å². The molecule has 0 aliphatic heterocycles. The van der Waals surface area contributed by atoms with Gasteiger partial charge in [-0.3, -0.25) is 0 Å². The van der Waals surface area contributed by atoms with Crippen LogP contribution in [-0.4, -0.2) is 35.8 Å². The van der Waals surface area contributed by atoms with Gasteiger partial charge in [0.1, 0.15) is 0 Å². The third-order valence-electron chi connectivity index (χ3n) is 3.76. The molecule has 2 nitrogen and oxygen atoms in total. The van der Waals surface area contributed by atoms with Crippen molar-refractivity contribution in [1.82, 2.24) is 5.32 Å². The van der Waals surface area contributed by atoms with Crippen LogP contribution in [0.25, 0.3) is 0 Å². The number of hydrogen-bond donors (Lipinski definition) is 1. The van der Waals surface area contributed by atoms with Gasteiger partial charge in [-0.1, -0.05) is 6.92 Å². The Morgan fingerprint density at radius 3 is 2.62 bits per heavy atom. The minimum absolute atomic E-state index is 0.546. The van der Waals surface area contributed by atoms with Gasteiger partial charge >= 0.3 is 0 Å². The Bertz CT molecular complexity index is 206. The summed E-state index contributed by atoms with van der Waals surface area (Å²) in [7, 11) is 0. The van der Waals surface area contributed by atoms with Crippen molar-refractivity contribution < 1.29 is 4.74 Å². The molecule has 0 heterocycles. The van der Waals surface area contributed by atoms with Crippen molar-refractivity contribution in [2.24, 2.45) is 0 Å². The van der Waals surface area contributed by atoms with Crippen molar-refractivity contribution in [2.75, 3.05) is 12.4 Å². The molecule has 0 spiro atoms.